The van der Waals surface area contributed by atoms with E-state index in [0.717, 1.165) is 33.8 Å². The third-order valence-electron chi connectivity index (χ3n) is 5.65. The third kappa shape index (κ3) is 4.11. The number of fused-ring (bicyclic) bond motifs is 1. The van der Waals surface area contributed by atoms with Gasteiger partial charge in [0.25, 0.3) is 5.91 Å². The molecule has 2 aromatic rings. The van der Waals surface area contributed by atoms with Gasteiger partial charge in [0.05, 0.1) is 18.4 Å². The molecule has 2 aromatic carbocycles. The number of urea groups is 1. The maximum absolute atomic E-state index is 12.5. The van der Waals surface area contributed by atoms with Crippen LogP contribution in [0.15, 0.2) is 47.6 Å². The monoisotopic (exact) mass is 421 g/mol. The summed E-state index contributed by atoms with van der Waals surface area (Å²) in [4.78, 5) is 26.4. The van der Waals surface area contributed by atoms with Crippen LogP contribution in [0.25, 0.3) is 0 Å². The van der Waals surface area contributed by atoms with Gasteiger partial charge in [-0.15, -0.1) is 0 Å². The first-order chi connectivity index (χ1) is 15.0. The van der Waals surface area contributed by atoms with Gasteiger partial charge in [-0.25, -0.2) is 9.80 Å². The number of nitrogens with zero attached hydrogens (tertiary/aromatic N) is 3. The third-order valence-corrected chi connectivity index (χ3v) is 5.65. The molecule has 8 nitrogen and oxygen atoms in total. The molecule has 0 aliphatic carbocycles. The zero-order valence-corrected chi connectivity index (χ0v) is 18.0. The molecule has 0 saturated carbocycles. The molecule has 2 aliphatic rings. The molecule has 0 aromatic heterocycles. The van der Waals surface area contributed by atoms with E-state index in [4.69, 9.17) is 9.84 Å². The van der Waals surface area contributed by atoms with Crippen molar-refractivity contribution in [2.75, 3.05) is 44.1 Å². The number of anilines is 2. The van der Waals surface area contributed by atoms with Crippen LogP contribution >= 0.6 is 0 Å². The van der Waals surface area contributed by atoms with Crippen LogP contribution in [0.1, 0.15) is 23.6 Å². The van der Waals surface area contributed by atoms with E-state index >= 15 is 0 Å². The Labute approximate surface area is 181 Å². The van der Waals surface area contributed by atoms with Gasteiger partial charge < -0.3 is 20.3 Å². The Morgan fingerprint density at radius 2 is 1.94 bits per heavy atom. The van der Waals surface area contributed by atoms with Crippen LogP contribution in [0.3, 0.4) is 0 Å². The van der Waals surface area contributed by atoms with Gasteiger partial charge in [-0.05, 0) is 43.2 Å². The second-order valence-electron chi connectivity index (χ2n) is 7.67. The lowest BCUT2D eigenvalue weighted by Gasteiger charge is -2.27. The highest BCUT2D eigenvalue weighted by atomic mass is 16.5. The van der Waals surface area contributed by atoms with Crippen LogP contribution in [0.4, 0.5) is 16.2 Å². The summed E-state index contributed by atoms with van der Waals surface area (Å²) in [5.74, 6) is -0.0468. The molecular formula is C23H27N5O3. The SMILES string of the molecule is CNC(=O)N1N=C(c2ccc(N3CCOCC3=O)cc2)c2cc(NC)ccc2C[C@@H]1C. The number of carbonyl (C=O) groups excluding carboxylic acids is 2. The molecule has 2 N–H and O–H groups in total. The summed E-state index contributed by atoms with van der Waals surface area (Å²) in [7, 11) is 3.48. The van der Waals surface area contributed by atoms with Crippen molar-refractivity contribution in [3.05, 3.63) is 59.2 Å². The summed E-state index contributed by atoms with van der Waals surface area (Å²) in [5, 5.41) is 12.2. The number of benzene rings is 2. The zero-order chi connectivity index (χ0) is 22.0. The Bertz CT molecular complexity index is 1020. The molecule has 0 unspecified atom stereocenters. The highest BCUT2D eigenvalue weighted by molar-refractivity contribution is 6.15. The molecule has 0 radical (unpaired) electrons. The van der Waals surface area contributed by atoms with E-state index in [-0.39, 0.29) is 24.6 Å². The van der Waals surface area contributed by atoms with E-state index in [9.17, 15) is 9.59 Å². The number of carbonyl (C=O) groups is 2. The number of ether oxygens (including phenoxy) is 1. The first-order valence-corrected chi connectivity index (χ1v) is 10.4. The zero-order valence-electron chi connectivity index (χ0n) is 18.0. The van der Waals surface area contributed by atoms with E-state index in [0.29, 0.717) is 19.6 Å². The van der Waals surface area contributed by atoms with Gasteiger partial charge in [-0.1, -0.05) is 18.2 Å². The van der Waals surface area contributed by atoms with Crippen LogP contribution < -0.4 is 15.5 Å². The Morgan fingerprint density at radius 3 is 2.61 bits per heavy atom. The van der Waals surface area contributed by atoms with E-state index < -0.39 is 0 Å². The average Bonchev–Trinajstić information content (AvgIpc) is 2.94. The van der Waals surface area contributed by atoms with Crippen LogP contribution in [0.5, 0.6) is 0 Å². The Morgan fingerprint density at radius 1 is 1.16 bits per heavy atom. The fourth-order valence-corrected chi connectivity index (χ4v) is 3.96. The van der Waals surface area contributed by atoms with Crippen molar-refractivity contribution < 1.29 is 14.3 Å². The average molecular weight is 422 g/mol. The van der Waals surface area contributed by atoms with Gasteiger partial charge in [0.2, 0.25) is 0 Å². The largest absolute Gasteiger partial charge is 0.388 e. The van der Waals surface area contributed by atoms with Crippen molar-refractivity contribution in [3.63, 3.8) is 0 Å². The van der Waals surface area contributed by atoms with Crippen molar-refractivity contribution in [1.82, 2.24) is 10.3 Å². The van der Waals surface area contributed by atoms with Crippen LogP contribution in [0, 0.1) is 0 Å². The first-order valence-electron chi connectivity index (χ1n) is 10.4. The molecular weight excluding hydrogens is 394 g/mol. The minimum Gasteiger partial charge on any atom is -0.388 e. The van der Waals surface area contributed by atoms with E-state index in [1.54, 1.807) is 11.9 Å². The van der Waals surface area contributed by atoms with Gasteiger partial charge in [-0.2, -0.15) is 5.10 Å². The normalized spacial score (nSPS) is 18.7. The minimum atomic E-state index is -0.248. The van der Waals surface area contributed by atoms with Crippen LogP contribution in [-0.4, -0.2) is 62.6 Å². The second-order valence-corrected chi connectivity index (χ2v) is 7.67. The predicted molar refractivity (Wildman–Crippen MR) is 121 cm³/mol. The number of morpholine rings is 1. The highest BCUT2D eigenvalue weighted by Crippen LogP contribution is 2.27. The lowest BCUT2D eigenvalue weighted by molar-refractivity contribution is -0.125. The summed E-state index contributed by atoms with van der Waals surface area (Å²) in [6.45, 7) is 3.16. The minimum absolute atomic E-state index is 0.0468. The van der Waals surface area contributed by atoms with E-state index in [1.165, 1.54) is 5.01 Å². The lowest BCUT2D eigenvalue weighted by Crippen LogP contribution is -2.41. The number of amides is 3. The maximum Gasteiger partial charge on any atom is 0.337 e. The molecule has 1 fully saturated rings. The van der Waals surface area contributed by atoms with Gasteiger partial charge in [0, 0.05) is 43.1 Å². The van der Waals surface area contributed by atoms with E-state index in [1.807, 2.05) is 44.3 Å². The van der Waals surface area contributed by atoms with Crippen molar-refractivity contribution in [1.29, 1.82) is 0 Å². The summed E-state index contributed by atoms with van der Waals surface area (Å²) in [6.07, 6.45) is 0.695. The molecule has 1 atom stereocenters. The maximum atomic E-state index is 12.5. The second kappa shape index (κ2) is 8.77. The standard InChI is InChI=1S/C23H27N5O3/c1-15-12-17-4-7-18(24-2)13-20(17)22(26-28(15)23(30)25-3)16-5-8-19(9-6-16)27-10-11-31-14-21(27)29/h4-9,13,15,24H,10-12,14H2,1-3H3,(H,25,30)/t15-/m0/s1. The molecule has 8 heteroatoms. The Hall–Kier alpha value is -3.39. The summed E-state index contributed by atoms with van der Waals surface area (Å²) >= 11 is 0. The van der Waals surface area contributed by atoms with Gasteiger partial charge in [0.15, 0.2) is 0 Å². The molecule has 4 rings (SSSR count). The molecule has 0 bridgehead atoms. The number of nitrogens with one attached hydrogen (secondary N) is 2. The van der Waals surface area contributed by atoms with Gasteiger partial charge in [0.1, 0.15) is 6.61 Å². The Kier molecular flexibility index (Phi) is 5.90. The van der Waals surface area contributed by atoms with Crippen molar-refractivity contribution in [2.24, 2.45) is 5.10 Å². The number of hydrazone groups is 1. The quantitative estimate of drug-likeness (QED) is 0.797. The van der Waals surface area contributed by atoms with Crippen LogP contribution in [-0.2, 0) is 16.0 Å². The molecule has 2 heterocycles. The summed E-state index contributed by atoms with van der Waals surface area (Å²) in [6, 6.07) is 13.6. The molecule has 2 aliphatic heterocycles. The van der Waals surface area contributed by atoms with Crippen LogP contribution in [0.2, 0.25) is 0 Å². The predicted octanol–water partition coefficient (Wildman–Crippen LogP) is 2.43. The van der Waals surface area contributed by atoms with Gasteiger partial charge in [-0.3, -0.25) is 4.79 Å². The molecule has 3 amide bonds. The number of hydrogen-bond acceptors (Lipinski definition) is 5. The number of hydrogen-bond donors (Lipinski definition) is 2. The van der Waals surface area contributed by atoms with Gasteiger partial charge >= 0.3 is 6.03 Å². The topological polar surface area (TPSA) is 86.3 Å². The van der Waals surface area contributed by atoms with Crippen molar-refractivity contribution in [2.45, 2.75) is 19.4 Å². The molecule has 162 valence electrons. The highest BCUT2D eigenvalue weighted by Gasteiger charge is 2.27. The molecule has 31 heavy (non-hydrogen) atoms. The first kappa shape index (κ1) is 20.9. The molecule has 0 spiro atoms. The molecule has 1 saturated heterocycles. The lowest BCUT2D eigenvalue weighted by atomic mass is 9.94. The van der Waals surface area contributed by atoms with Crippen molar-refractivity contribution in [3.8, 4) is 0 Å². The smallest absolute Gasteiger partial charge is 0.337 e. The number of rotatable bonds is 3. The Balaban J connectivity index is 1.78. The van der Waals surface area contributed by atoms with Crippen molar-refractivity contribution >= 4 is 29.0 Å². The fraction of sp³-hybridized carbons (Fsp3) is 0.348. The van der Waals surface area contributed by atoms with E-state index in [2.05, 4.69) is 22.8 Å². The summed E-state index contributed by atoms with van der Waals surface area (Å²) < 4.78 is 5.22. The fourth-order valence-electron chi connectivity index (χ4n) is 3.96. The summed E-state index contributed by atoms with van der Waals surface area (Å²) in [5.41, 5.74) is 5.52.